The van der Waals surface area contributed by atoms with Crippen LogP contribution in [0.4, 0.5) is 0 Å². The molecule has 2 aromatic rings. The maximum Gasteiger partial charge on any atom is 0.135 e. The summed E-state index contributed by atoms with van der Waals surface area (Å²) in [5, 5.41) is 0. The summed E-state index contributed by atoms with van der Waals surface area (Å²) in [6, 6.07) is 3.88. The van der Waals surface area contributed by atoms with Gasteiger partial charge in [0.2, 0.25) is 0 Å². The van der Waals surface area contributed by atoms with Gasteiger partial charge in [0.1, 0.15) is 12.1 Å². The van der Waals surface area contributed by atoms with Crippen LogP contribution < -0.4 is 4.74 Å². The Morgan fingerprint density at radius 1 is 1.53 bits per heavy atom. The fraction of sp³-hybridized carbons (Fsp3) is 0.300. The van der Waals surface area contributed by atoms with E-state index in [0.717, 1.165) is 27.7 Å². The molecule has 0 spiro atoms. The zero-order valence-electron chi connectivity index (χ0n) is 8.27. The first-order chi connectivity index (χ1) is 7.22. The second-order valence-corrected chi connectivity index (χ2v) is 4.49. The van der Waals surface area contributed by atoms with E-state index in [4.69, 9.17) is 4.74 Å². The van der Waals surface area contributed by atoms with Gasteiger partial charge in [-0.15, -0.1) is 0 Å². The molecule has 1 aromatic carbocycles. The Morgan fingerprint density at radius 2 is 2.33 bits per heavy atom. The van der Waals surface area contributed by atoms with E-state index in [-0.39, 0.29) is 0 Å². The number of ether oxygens (including phenoxy) is 1. The zero-order chi connectivity index (χ0) is 10.8. The second kappa shape index (κ2) is 4.45. The molecule has 0 aliphatic carbocycles. The third kappa shape index (κ3) is 2.13. The van der Waals surface area contributed by atoms with Crippen molar-refractivity contribution in [1.29, 1.82) is 0 Å². The van der Waals surface area contributed by atoms with Crippen molar-refractivity contribution < 1.29 is 4.74 Å². The number of aromatic nitrogens is 2. The summed E-state index contributed by atoms with van der Waals surface area (Å²) in [6.07, 6.45) is 2.66. The Bertz CT molecular complexity index is 483. The van der Waals surface area contributed by atoms with Gasteiger partial charge in [-0.25, -0.2) is 4.98 Å². The number of benzene rings is 1. The summed E-state index contributed by atoms with van der Waals surface area (Å²) in [7, 11) is 0. The predicted molar refractivity (Wildman–Crippen MR) is 67.6 cm³/mol. The number of hydrogen-bond acceptors (Lipinski definition) is 3. The van der Waals surface area contributed by atoms with E-state index in [1.807, 2.05) is 12.1 Å². The van der Waals surface area contributed by atoms with Gasteiger partial charge in [0.15, 0.2) is 0 Å². The summed E-state index contributed by atoms with van der Waals surface area (Å²) in [6.45, 7) is 2.79. The molecule has 1 heterocycles. The average Bonchev–Trinajstić information content (AvgIpc) is 2.57. The van der Waals surface area contributed by atoms with Crippen LogP contribution in [-0.4, -0.2) is 15.6 Å². The van der Waals surface area contributed by atoms with Gasteiger partial charge in [-0.3, -0.25) is 3.97 Å². The molecule has 0 radical (unpaired) electrons. The molecular weight excluding hydrogens is 276 g/mol. The number of nitrogens with zero attached hydrogens (tertiary/aromatic N) is 2. The van der Waals surface area contributed by atoms with Crippen LogP contribution in [0.3, 0.4) is 0 Å². The van der Waals surface area contributed by atoms with Crippen LogP contribution >= 0.6 is 28.7 Å². The first kappa shape index (κ1) is 10.8. The van der Waals surface area contributed by atoms with Gasteiger partial charge < -0.3 is 4.74 Å². The number of imidazole rings is 1. The summed E-state index contributed by atoms with van der Waals surface area (Å²) in [5.74, 6) is 0.833. The minimum atomic E-state index is 0.713. The van der Waals surface area contributed by atoms with E-state index in [1.165, 1.54) is 0 Å². The van der Waals surface area contributed by atoms with Crippen molar-refractivity contribution >= 4 is 39.8 Å². The van der Waals surface area contributed by atoms with Crippen molar-refractivity contribution in [1.82, 2.24) is 8.96 Å². The molecule has 0 unspecified atom stereocenters. The number of rotatable bonds is 3. The van der Waals surface area contributed by atoms with Gasteiger partial charge >= 0.3 is 0 Å². The lowest BCUT2D eigenvalue weighted by atomic mass is 10.3. The van der Waals surface area contributed by atoms with E-state index in [1.54, 1.807) is 10.3 Å². The Hall–Kier alpha value is -0.680. The van der Waals surface area contributed by atoms with Crippen LogP contribution in [0.25, 0.3) is 11.0 Å². The first-order valence-corrected chi connectivity index (χ1v) is 5.90. The number of thiol groups is 1. The van der Waals surface area contributed by atoms with E-state index < -0.39 is 0 Å². The summed E-state index contributed by atoms with van der Waals surface area (Å²) >= 11 is 7.71. The second-order valence-electron chi connectivity index (χ2n) is 3.21. The zero-order valence-corrected chi connectivity index (χ0v) is 10.8. The normalized spacial score (nSPS) is 10.9. The van der Waals surface area contributed by atoms with Gasteiger partial charge in [-0.05, 0) is 28.4 Å². The molecule has 3 nitrogen and oxygen atoms in total. The Labute approximate surface area is 102 Å². The first-order valence-electron chi connectivity index (χ1n) is 4.71. The average molecular weight is 287 g/mol. The fourth-order valence-electron chi connectivity index (χ4n) is 1.32. The molecule has 5 heteroatoms. The molecule has 0 aliphatic rings. The van der Waals surface area contributed by atoms with E-state index in [2.05, 4.69) is 40.7 Å². The molecule has 2 rings (SSSR count). The van der Waals surface area contributed by atoms with Crippen LogP contribution in [0.15, 0.2) is 22.9 Å². The molecule has 0 saturated heterocycles. The van der Waals surface area contributed by atoms with Gasteiger partial charge in [-0.2, -0.15) is 0 Å². The van der Waals surface area contributed by atoms with Crippen LogP contribution in [-0.2, 0) is 0 Å². The van der Waals surface area contributed by atoms with Crippen molar-refractivity contribution in [2.75, 3.05) is 6.61 Å². The highest BCUT2D eigenvalue weighted by Gasteiger charge is 2.07. The van der Waals surface area contributed by atoms with Crippen molar-refractivity contribution in [2.45, 2.75) is 13.3 Å². The highest BCUT2D eigenvalue weighted by Crippen LogP contribution is 2.30. The quantitative estimate of drug-likeness (QED) is 0.877. The van der Waals surface area contributed by atoms with Crippen LogP contribution in [0.2, 0.25) is 0 Å². The number of hydrogen-bond donors (Lipinski definition) is 1. The van der Waals surface area contributed by atoms with Crippen LogP contribution in [0.5, 0.6) is 5.75 Å². The number of halogens is 1. The third-order valence-corrected chi connectivity index (χ3v) is 2.98. The monoisotopic (exact) mass is 286 g/mol. The fourth-order valence-corrected chi connectivity index (χ4v) is 1.98. The minimum absolute atomic E-state index is 0.713. The topological polar surface area (TPSA) is 27.1 Å². The summed E-state index contributed by atoms with van der Waals surface area (Å²) < 4.78 is 8.20. The summed E-state index contributed by atoms with van der Waals surface area (Å²) in [4.78, 5) is 4.20. The standard InChI is InChI=1S/C10H11BrN2OS/c1-2-3-14-10-5-9-8(4-7(10)11)12-6-13(9)15/h4-6,15H,2-3H2,1H3. The molecule has 0 N–H and O–H groups in total. The van der Waals surface area contributed by atoms with Gasteiger partial charge in [0.05, 0.1) is 22.1 Å². The van der Waals surface area contributed by atoms with Gasteiger partial charge in [-0.1, -0.05) is 19.7 Å². The molecule has 0 fully saturated rings. The van der Waals surface area contributed by atoms with Crippen molar-refractivity contribution in [3.63, 3.8) is 0 Å². The molecule has 0 amide bonds. The third-order valence-electron chi connectivity index (χ3n) is 2.04. The van der Waals surface area contributed by atoms with Gasteiger partial charge in [0.25, 0.3) is 0 Å². The minimum Gasteiger partial charge on any atom is -0.492 e. The highest BCUT2D eigenvalue weighted by atomic mass is 79.9. The predicted octanol–water partition coefficient (Wildman–Crippen LogP) is 3.28. The molecule has 0 aliphatic heterocycles. The maximum atomic E-state index is 5.60. The number of fused-ring (bicyclic) bond motifs is 1. The Morgan fingerprint density at radius 3 is 3.07 bits per heavy atom. The lowest BCUT2D eigenvalue weighted by Gasteiger charge is -2.07. The smallest absolute Gasteiger partial charge is 0.135 e. The van der Waals surface area contributed by atoms with E-state index in [9.17, 15) is 0 Å². The van der Waals surface area contributed by atoms with E-state index in [0.29, 0.717) is 6.61 Å². The Kier molecular flexibility index (Phi) is 3.21. The lowest BCUT2D eigenvalue weighted by molar-refractivity contribution is 0.316. The van der Waals surface area contributed by atoms with Crippen molar-refractivity contribution in [2.24, 2.45) is 0 Å². The largest absolute Gasteiger partial charge is 0.492 e. The molecular formula is C10H11BrN2OS. The summed E-state index contributed by atoms with van der Waals surface area (Å²) in [5.41, 5.74) is 1.85. The highest BCUT2D eigenvalue weighted by molar-refractivity contribution is 9.10. The molecule has 80 valence electrons. The maximum absolute atomic E-state index is 5.60. The molecule has 0 atom stereocenters. The molecule has 1 aromatic heterocycles. The lowest BCUT2D eigenvalue weighted by Crippen LogP contribution is -1.95. The SMILES string of the molecule is CCCOc1cc2c(cc1Br)ncn2S. The molecule has 0 saturated carbocycles. The van der Waals surface area contributed by atoms with Crippen molar-refractivity contribution in [3.05, 3.63) is 22.9 Å². The van der Waals surface area contributed by atoms with Crippen LogP contribution in [0, 0.1) is 0 Å². The van der Waals surface area contributed by atoms with Crippen LogP contribution in [0.1, 0.15) is 13.3 Å². The van der Waals surface area contributed by atoms with Gasteiger partial charge in [0, 0.05) is 6.07 Å². The van der Waals surface area contributed by atoms with Crippen molar-refractivity contribution in [3.8, 4) is 5.75 Å². The Balaban J connectivity index is 2.45. The molecule has 0 bridgehead atoms. The molecule has 15 heavy (non-hydrogen) atoms. The van der Waals surface area contributed by atoms with E-state index >= 15 is 0 Å².